The van der Waals surface area contributed by atoms with Gasteiger partial charge in [-0.1, -0.05) is 0 Å². The van der Waals surface area contributed by atoms with Crippen LogP contribution in [0.4, 0.5) is 0 Å². The standard InChI is InChI=1S/C13H13NO5/c1-8(5-10-3-2-4-18-10)14-12(15)11-6-9(7-19-11)13(16)17/h2-4,6-8H,5H2,1H3,(H,14,15)(H,16,17). The number of hydrogen-bond acceptors (Lipinski definition) is 4. The average Bonchev–Trinajstić information content (AvgIpc) is 2.98. The number of nitrogens with one attached hydrogen (secondary N) is 1. The van der Waals surface area contributed by atoms with E-state index in [4.69, 9.17) is 13.9 Å². The fraction of sp³-hybridized carbons (Fsp3) is 0.231. The van der Waals surface area contributed by atoms with Gasteiger partial charge in [0.2, 0.25) is 0 Å². The summed E-state index contributed by atoms with van der Waals surface area (Å²) in [6.07, 6.45) is 3.15. The van der Waals surface area contributed by atoms with Crippen molar-refractivity contribution in [3.63, 3.8) is 0 Å². The first-order chi connectivity index (χ1) is 9.06. The second-order valence-electron chi connectivity index (χ2n) is 4.16. The maximum Gasteiger partial charge on any atom is 0.338 e. The maximum absolute atomic E-state index is 11.8. The molecule has 0 saturated carbocycles. The predicted molar refractivity (Wildman–Crippen MR) is 65.0 cm³/mol. The van der Waals surface area contributed by atoms with Crippen LogP contribution in [0.15, 0.2) is 39.6 Å². The third-order valence-electron chi connectivity index (χ3n) is 2.54. The molecule has 0 radical (unpaired) electrons. The predicted octanol–water partition coefficient (Wildman–Crippen LogP) is 1.93. The molecule has 0 bridgehead atoms. The van der Waals surface area contributed by atoms with Crippen LogP contribution < -0.4 is 5.32 Å². The Morgan fingerprint density at radius 2 is 2.21 bits per heavy atom. The van der Waals surface area contributed by atoms with Crippen LogP contribution in [0, 0.1) is 0 Å². The number of rotatable bonds is 5. The lowest BCUT2D eigenvalue weighted by Crippen LogP contribution is -2.33. The second kappa shape index (κ2) is 5.43. The van der Waals surface area contributed by atoms with E-state index >= 15 is 0 Å². The van der Waals surface area contributed by atoms with Gasteiger partial charge in [0.15, 0.2) is 5.76 Å². The summed E-state index contributed by atoms with van der Waals surface area (Å²) in [5, 5.41) is 11.4. The lowest BCUT2D eigenvalue weighted by atomic mass is 10.2. The number of amides is 1. The molecular weight excluding hydrogens is 250 g/mol. The SMILES string of the molecule is CC(Cc1ccco1)NC(=O)c1cc(C(=O)O)co1. The number of aromatic carboxylic acids is 1. The summed E-state index contributed by atoms with van der Waals surface area (Å²) in [4.78, 5) is 22.5. The Kier molecular flexibility index (Phi) is 3.70. The Balaban J connectivity index is 1.94. The highest BCUT2D eigenvalue weighted by molar-refractivity contribution is 5.95. The molecule has 6 heteroatoms. The molecule has 0 fully saturated rings. The van der Waals surface area contributed by atoms with E-state index in [1.807, 2.05) is 13.0 Å². The number of carbonyl (C=O) groups is 2. The molecule has 0 aromatic carbocycles. The Bertz CT molecular complexity index is 570. The van der Waals surface area contributed by atoms with Crippen LogP contribution in [0.5, 0.6) is 0 Å². The molecule has 0 saturated heterocycles. The largest absolute Gasteiger partial charge is 0.478 e. The van der Waals surface area contributed by atoms with Crippen LogP contribution in [0.3, 0.4) is 0 Å². The van der Waals surface area contributed by atoms with Crippen LogP contribution in [0.2, 0.25) is 0 Å². The van der Waals surface area contributed by atoms with Crippen molar-refractivity contribution in [2.45, 2.75) is 19.4 Å². The molecular formula is C13H13NO5. The minimum atomic E-state index is -1.13. The van der Waals surface area contributed by atoms with Crippen molar-refractivity contribution >= 4 is 11.9 Å². The van der Waals surface area contributed by atoms with Gasteiger partial charge in [0.25, 0.3) is 5.91 Å². The summed E-state index contributed by atoms with van der Waals surface area (Å²) in [7, 11) is 0. The van der Waals surface area contributed by atoms with Crippen LogP contribution in [0.25, 0.3) is 0 Å². The van der Waals surface area contributed by atoms with Crippen molar-refractivity contribution < 1.29 is 23.5 Å². The van der Waals surface area contributed by atoms with Crippen molar-refractivity contribution in [1.29, 1.82) is 0 Å². The first-order valence-corrected chi connectivity index (χ1v) is 5.71. The second-order valence-corrected chi connectivity index (χ2v) is 4.16. The van der Waals surface area contributed by atoms with Gasteiger partial charge >= 0.3 is 5.97 Å². The zero-order valence-electron chi connectivity index (χ0n) is 10.3. The molecule has 0 aliphatic rings. The number of carboxylic acids is 1. The molecule has 1 unspecified atom stereocenters. The molecule has 0 spiro atoms. The summed E-state index contributed by atoms with van der Waals surface area (Å²) in [6, 6.07) is 4.63. The van der Waals surface area contributed by atoms with Crippen LogP contribution in [0.1, 0.15) is 33.6 Å². The molecule has 1 atom stereocenters. The van der Waals surface area contributed by atoms with Crippen LogP contribution in [-0.4, -0.2) is 23.0 Å². The van der Waals surface area contributed by atoms with Gasteiger partial charge in [-0.3, -0.25) is 4.79 Å². The van der Waals surface area contributed by atoms with Gasteiger partial charge in [-0.05, 0) is 19.1 Å². The van der Waals surface area contributed by atoms with Crippen LogP contribution in [-0.2, 0) is 6.42 Å². The van der Waals surface area contributed by atoms with Crippen molar-refractivity contribution in [1.82, 2.24) is 5.32 Å². The van der Waals surface area contributed by atoms with Crippen molar-refractivity contribution in [2.24, 2.45) is 0 Å². The highest BCUT2D eigenvalue weighted by Gasteiger charge is 2.17. The molecule has 100 valence electrons. The van der Waals surface area contributed by atoms with Gasteiger partial charge in [-0.25, -0.2) is 4.79 Å². The third-order valence-corrected chi connectivity index (χ3v) is 2.54. The minimum Gasteiger partial charge on any atom is -0.478 e. The maximum atomic E-state index is 11.8. The summed E-state index contributed by atoms with van der Waals surface area (Å²) in [5.74, 6) is -0.847. The smallest absolute Gasteiger partial charge is 0.338 e. The van der Waals surface area contributed by atoms with E-state index in [1.54, 1.807) is 12.3 Å². The first kappa shape index (κ1) is 12.9. The molecule has 19 heavy (non-hydrogen) atoms. The fourth-order valence-corrected chi connectivity index (χ4v) is 1.64. The first-order valence-electron chi connectivity index (χ1n) is 5.71. The normalized spacial score (nSPS) is 12.1. The van der Waals surface area contributed by atoms with Crippen molar-refractivity contribution in [2.75, 3.05) is 0 Å². The van der Waals surface area contributed by atoms with Gasteiger partial charge in [0.1, 0.15) is 12.0 Å². The molecule has 2 rings (SSSR count). The Labute approximate surface area is 109 Å². The number of furan rings is 2. The molecule has 0 aliphatic carbocycles. The topological polar surface area (TPSA) is 92.7 Å². The highest BCUT2D eigenvalue weighted by Crippen LogP contribution is 2.09. The summed E-state index contributed by atoms with van der Waals surface area (Å²) < 4.78 is 10.1. The zero-order chi connectivity index (χ0) is 13.8. The minimum absolute atomic E-state index is 0.0244. The quantitative estimate of drug-likeness (QED) is 0.859. The lowest BCUT2D eigenvalue weighted by molar-refractivity contribution is 0.0695. The van der Waals surface area contributed by atoms with Gasteiger partial charge in [-0.15, -0.1) is 0 Å². The molecule has 2 aromatic heterocycles. The van der Waals surface area contributed by atoms with Gasteiger partial charge in [0.05, 0.1) is 11.8 Å². The van der Waals surface area contributed by atoms with E-state index in [0.29, 0.717) is 6.42 Å². The molecule has 2 N–H and O–H groups in total. The van der Waals surface area contributed by atoms with Gasteiger partial charge in [-0.2, -0.15) is 0 Å². The molecule has 6 nitrogen and oxygen atoms in total. The third kappa shape index (κ3) is 3.25. The Hall–Kier alpha value is -2.50. The Morgan fingerprint density at radius 1 is 1.42 bits per heavy atom. The average molecular weight is 263 g/mol. The van der Waals surface area contributed by atoms with Crippen molar-refractivity contribution in [3.8, 4) is 0 Å². The summed E-state index contributed by atoms with van der Waals surface area (Å²) in [6.45, 7) is 1.82. The number of carbonyl (C=O) groups excluding carboxylic acids is 1. The van der Waals surface area contributed by atoms with E-state index in [1.165, 1.54) is 6.07 Å². The number of hydrogen-bond donors (Lipinski definition) is 2. The monoisotopic (exact) mass is 263 g/mol. The Morgan fingerprint density at radius 3 is 2.79 bits per heavy atom. The molecule has 1 amide bonds. The van der Waals surface area contributed by atoms with Gasteiger partial charge < -0.3 is 19.3 Å². The molecule has 0 aliphatic heterocycles. The zero-order valence-corrected chi connectivity index (χ0v) is 10.3. The highest BCUT2D eigenvalue weighted by atomic mass is 16.4. The number of carboxylic acid groups (broad SMARTS) is 1. The van der Waals surface area contributed by atoms with E-state index in [2.05, 4.69) is 5.32 Å². The van der Waals surface area contributed by atoms with E-state index in [0.717, 1.165) is 12.0 Å². The molecule has 2 aromatic rings. The molecule has 2 heterocycles. The summed E-state index contributed by atoms with van der Waals surface area (Å²) >= 11 is 0. The van der Waals surface area contributed by atoms with E-state index < -0.39 is 11.9 Å². The lowest BCUT2D eigenvalue weighted by Gasteiger charge is -2.10. The fourth-order valence-electron chi connectivity index (χ4n) is 1.64. The van der Waals surface area contributed by atoms with Gasteiger partial charge in [0, 0.05) is 18.5 Å². The van der Waals surface area contributed by atoms with E-state index in [-0.39, 0.29) is 17.4 Å². The van der Waals surface area contributed by atoms with Crippen molar-refractivity contribution in [3.05, 3.63) is 47.8 Å². The summed E-state index contributed by atoms with van der Waals surface area (Å²) in [5.41, 5.74) is -0.0520. The van der Waals surface area contributed by atoms with E-state index in [9.17, 15) is 9.59 Å². The van der Waals surface area contributed by atoms with Crippen LogP contribution >= 0.6 is 0 Å².